The van der Waals surface area contributed by atoms with Crippen molar-refractivity contribution in [3.05, 3.63) is 58.1 Å². The summed E-state index contributed by atoms with van der Waals surface area (Å²) in [6.07, 6.45) is 0.0726. The highest BCUT2D eigenvalue weighted by Gasteiger charge is 2.41. The van der Waals surface area contributed by atoms with Crippen LogP contribution >= 0.6 is 23.2 Å². The van der Waals surface area contributed by atoms with Crippen LogP contribution in [0.25, 0.3) is 0 Å². The van der Waals surface area contributed by atoms with Gasteiger partial charge in [0.25, 0.3) is 0 Å². The van der Waals surface area contributed by atoms with E-state index in [1.807, 2.05) is 6.07 Å². The number of hydrogen-bond donors (Lipinski definition) is 3. The van der Waals surface area contributed by atoms with Gasteiger partial charge in [0.1, 0.15) is 6.04 Å². The fraction of sp³-hybridized carbons (Fsp3) is 0.222. The maximum atomic E-state index is 12.9. The van der Waals surface area contributed by atoms with E-state index in [2.05, 4.69) is 10.7 Å². The highest BCUT2D eigenvalue weighted by atomic mass is 35.5. The van der Waals surface area contributed by atoms with Gasteiger partial charge >= 0.3 is 5.97 Å². The normalized spacial score (nSPS) is 19.0. The van der Waals surface area contributed by atoms with Crippen LogP contribution in [0.1, 0.15) is 17.9 Å². The first-order valence-electron chi connectivity index (χ1n) is 7.96. The lowest BCUT2D eigenvalue weighted by Gasteiger charge is -2.39. The molecule has 8 heteroatoms. The van der Waals surface area contributed by atoms with Crippen LogP contribution in [0, 0.1) is 0 Å². The van der Waals surface area contributed by atoms with E-state index < -0.39 is 17.9 Å². The summed E-state index contributed by atoms with van der Waals surface area (Å²) in [5, 5.41) is 14.6. The van der Waals surface area contributed by atoms with Crippen LogP contribution in [-0.4, -0.2) is 30.1 Å². The quantitative estimate of drug-likeness (QED) is 0.740. The molecule has 0 unspecified atom stereocenters. The maximum absolute atomic E-state index is 12.9. The average molecular weight is 394 g/mol. The number of aliphatic carboxylic acids is 1. The molecule has 1 aliphatic rings. The summed E-state index contributed by atoms with van der Waals surface area (Å²) >= 11 is 12.5. The Kier molecular flexibility index (Phi) is 5.36. The molecular weight excluding hydrogens is 377 g/mol. The van der Waals surface area contributed by atoms with Crippen LogP contribution in [0.15, 0.2) is 42.5 Å². The SMILES string of the molecule is CNN1c2cc(Cl)cc(Cl)c2[C@H](C(=O)Nc2ccccc2)C[C@H]1C(=O)O. The lowest BCUT2D eigenvalue weighted by molar-refractivity contribution is -0.139. The third kappa shape index (κ3) is 3.49. The standard InChI is InChI=1S/C18H17Cl2N3O3/c1-21-23-14-8-10(19)7-13(20)16(14)12(9-15(23)18(25)26)17(24)22-11-5-3-2-4-6-11/h2-8,12,15,21H,9H2,1H3,(H,22,24)(H,25,26)/t12-,15+/m1/s1. The molecule has 2 aromatic rings. The molecule has 2 atom stereocenters. The number of nitrogens with zero attached hydrogens (tertiary/aromatic N) is 1. The van der Waals surface area contributed by atoms with E-state index in [1.54, 1.807) is 43.4 Å². The molecule has 1 heterocycles. The Labute approximate surface area is 160 Å². The number of carboxylic acids is 1. The summed E-state index contributed by atoms with van der Waals surface area (Å²) in [5.41, 5.74) is 4.53. The summed E-state index contributed by atoms with van der Waals surface area (Å²) in [4.78, 5) is 24.6. The summed E-state index contributed by atoms with van der Waals surface area (Å²) in [6.45, 7) is 0. The minimum Gasteiger partial charge on any atom is -0.480 e. The number of halogens is 2. The molecule has 26 heavy (non-hydrogen) atoms. The average Bonchev–Trinajstić information content (AvgIpc) is 2.60. The number of carbonyl (C=O) groups is 2. The molecule has 0 radical (unpaired) electrons. The van der Waals surface area contributed by atoms with Gasteiger partial charge in [-0.25, -0.2) is 10.2 Å². The topological polar surface area (TPSA) is 81.7 Å². The number of benzene rings is 2. The van der Waals surface area contributed by atoms with E-state index in [1.165, 1.54) is 5.01 Å². The van der Waals surface area contributed by atoms with Crippen molar-refractivity contribution in [1.29, 1.82) is 0 Å². The van der Waals surface area contributed by atoms with Crippen LogP contribution in [0.5, 0.6) is 0 Å². The van der Waals surface area contributed by atoms with Crippen LogP contribution in [-0.2, 0) is 9.59 Å². The van der Waals surface area contributed by atoms with Gasteiger partial charge in [0, 0.05) is 28.3 Å². The number of fused-ring (bicyclic) bond motifs is 1. The van der Waals surface area contributed by atoms with Gasteiger partial charge in [-0.1, -0.05) is 41.4 Å². The maximum Gasteiger partial charge on any atom is 0.327 e. The van der Waals surface area contributed by atoms with E-state index in [0.717, 1.165) is 0 Å². The number of amides is 1. The largest absolute Gasteiger partial charge is 0.480 e. The van der Waals surface area contributed by atoms with Crippen molar-refractivity contribution in [3.63, 3.8) is 0 Å². The summed E-state index contributed by atoms with van der Waals surface area (Å²) < 4.78 is 0. The van der Waals surface area contributed by atoms with Crippen LogP contribution in [0.4, 0.5) is 11.4 Å². The lowest BCUT2D eigenvalue weighted by Crippen LogP contribution is -2.53. The van der Waals surface area contributed by atoms with Crippen molar-refractivity contribution in [2.75, 3.05) is 17.4 Å². The van der Waals surface area contributed by atoms with Crippen LogP contribution < -0.4 is 15.8 Å². The number of rotatable bonds is 4. The Balaban J connectivity index is 2.05. The fourth-order valence-electron chi connectivity index (χ4n) is 3.21. The molecule has 0 aromatic heterocycles. The summed E-state index contributed by atoms with van der Waals surface area (Å²) in [5.74, 6) is -2.08. The van der Waals surface area contributed by atoms with Gasteiger partial charge in [-0.3, -0.25) is 9.80 Å². The van der Waals surface area contributed by atoms with Crippen molar-refractivity contribution in [2.24, 2.45) is 0 Å². The summed E-state index contributed by atoms with van der Waals surface area (Å²) in [7, 11) is 1.61. The molecule has 0 saturated carbocycles. The Morgan fingerprint density at radius 1 is 1.19 bits per heavy atom. The van der Waals surface area contributed by atoms with Crippen molar-refractivity contribution in [2.45, 2.75) is 18.4 Å². The second kappa shape index (κ2) is 7.53. The predicted octanol–water partition coefficient (Wildman–Crippen LogP) is 3.51. The molecular formula is C18H17Cl2N3O3. The molecule has 136 valence electrons. The van der Waals surface area contributed by atoms with Gasteiger partial charge in [0.15, 0.2) is 0 Å². The number of anilines is 2. The number of hydrazine groups is 1. The van der Waals surface area contributed by atoms with Gasteiger partial charge in [-0.2, -0.15) is 0 Å². The predicted molar refractivity (Wildman–Crippen MR) is 102 cm³/mol. The molecule has 0 spiro atoms. The van der Waals surface area contributed by atoms with Crippen molar-refractivity contribution in [3.8, 4) is 0 Å². The molecule has 0 bridgehead atoms. The van der Waals surface area contributed by atoms with Gasteiger partial charge in [-0.05, 0) is 30.7 Å². The third-order valence-corrected chi connectivity index (χ3v) is 4.87. The first-order chi connectivity index (χ1) is 12.4. The second-order valence-electron chi connectivity index (χ2n) is 5.91. The fourth-order valence-corrected chi connectivity index (χ4v) is 3.82. The van der Waals surface area contributed by atoms with E-state index in [0.29, 0.717) is 27.0 Å². The van der Waals surface area contributed by atoms with Crippen molar-refractivity contribution < 1.29 is 14.7 Å². The van der Waals surface area contributed by atoms with E-state index in [4.69, 9.17) is 23.2 Å². The molecule has 0 fully saturated rings. The zero-order valence-corrected chi connectivity index (χ0v) is 15.4. The van der Waals surface area contributed by atoms with E-state index in [9.17, 15) is 14.7 Å². The molecule has 6 nitrogen and oxygen atoms in total. The number of hydrogen-bond acceptors (Lipinski definition) is 4. The molecule has 1 aliphatic heterocycles. The minimum absolute atomic E-state index is 0.0726. The van der Waals surface area contributed by atoms with Gasteiger partial charge in [0.2, 0.25) is 5.91 Å². The minimum atomic E-state index is -1.04. The Morgan fingerprint density at radius 3 is 2.50 bits per heavy atom. The highest BCUT2D eigenvalue weighted by molar-refractivity contribution is 6.36. The zero-order valence-electron chi connectivity index (χ0n) is 13.9. The Hall–Kier alpha value is -2.28. The smallest absolute Gasteiger partial charge is 0.327 e. The number of carboxylic acid groups (broad SMARTS) is 1. The first-order valence-corrected chi connectivity index (χ1v) is 8.72. The van der Waals surface area contributed by atoms with Crippen molar-refractivity contribution >= 4 is 46.5 Å². The molecule has 0 saturated heterocycles. The van der Waals surface area contributed by atoms with Crippen LogP contribution in [0.2, 0.25) is 10.0 Å². The second-order valence-corrected chi connectivity index (χ2v) is 6.76. The molecule has 0 aliphatic carbocycles. The molecule has 3 N–H and O–H groups in total. The zero-order chi connectivity index (χ0) is 18.8. The monoisotopic (exact) mass is 393 g/mol. The molecule has 3 rings (SSSR count). The van der Waals surface area contributed by atoms with Gasteiger partial charge < -0.3 is 10.4 Å². The van der Waals surface area contributed by atoms with Crippen molar-refractivity contribution in [1.82, 2.24) is 5.43 Å². The molecule has 1 amide bonds. The Bertz CT molecular complexity index is 845. The summed E-state index contributed by atoms with van der Waals surface area (Å²) in [6, 6.07) is 11.2. The van der Waals surface area contributed by atoms with Gasteiger partial charge in [0.05, 0.1) is 11.6 Å². The number of nitrogens with one attached hydrogen (secondary N) is 2. The van der Waals surface area contributed by atoms with Gasteiger partial charge in [-0.15, -0.1) is 0 Å². The van der Waals surface area contributed by atoms with E-state index >= 15 is 0 Å². The van der Waals surface area contributed by atoms with E-state index in [-0.39, 0.29) is 12.3 Å². The number of carbonyl (C=O) groups excluding carboxylic acids is 1. The lowest BCUT2D eigenvalue weighted by atomic mass is 9.85. The van der Waals surface area contributed by atoms with Crippen LogP contribution in [0.3, 0.4) is 0 Å². The number of para-hydroxylation sites is 1. The highest BCUT2D eigenvalue weighted by Crippen LogP contribution is 2.43. The Morgan fingerprint density at radius 2 is 1.88 bits per heavy atom. The molecule has 2 aromatic carbocycles. The third-order valence-electron chi connectivity index (χ3n) is 4.33. The first kappa shape index (κ1) is 18.5.